The lowest BCUT2D eigenvalue weighted by Gasteiger charge is -2.42. The third-order valence-corrected chi connectivity index (χ3v) is 5.27. The molecule has 0 amide bonds. The fraction of sp³-hybridized carbons (Fsp3) is 0.333. The molecule has 0 bridgehead atoms. The van der Waals surface area contributed by atoms with Crippen molar-refractivity contribution in [3.63, 3.8) is 0 Å². The van der Waals surface area contributed by atoms with E-state index in [1.54, 1.807) is 7.11 Å². The summed E-state index contributed by atoms with van der Waals surface area (Å²) < 4.78 is 5.49. The second-order valence-electron chi connectivity index (χ2n) is 6.62. The smallest absolute Gasteiger partial charge is 0.142 e. The number of ether oxygens (including phenoxy) is 1. The van der Waals surface area contributed by atoms with Gasteiger partial charge < -0.3 is 14.7 Å². The third kappa shape index (κ3) is 3.03. The van der Waals surface area contributed by atoms with Gasteiger partial charge in [-0.05, 0) is 23.3 Å². The molecule has 1 fully saturated rings. The van der Waals surface area contributed by atoms with Gasteiger partial charge in [-0.2, -0.15) is 0 Å². The molecule has 1 saturated heterocycles. The molecule has 130 valence electrons. The summed E-state index contributed by atoms with van der Waals surface area (Å²) in [6, 6.07) is 16.3. The molecule has 2 aromatic carbocycles. The van der Waals surface area contributed by atoms with Crippen LogP contribution in [0.5, 0.6) is 5.75 Å². The van der Waals surface area contributed by atoms with Gasteiger partial charge >= 0.3 is 0 Å². The molecule has 2 aromatic rings. The predicted molar refractivity (Wildman–Crippen MR) is 101 cm³/mol. The predicted octanol–water partition coefficient (Wildman–Crippen LogP) is 2.95. The van der Waals surface area contributed by atoms with Crippen LogP contribution in [0.25, 0.3) is 6.08 Å². The van der Waals surface area contributed by atoms with E-state index >= 15 is 0 Å². The molecule has 0 aromatic heterocycles. The van der Waals surface area contributed by atoms with Gasteiger partial charge in [0.05, 0.1) is 24.9 Å². The molecule has 25 heavy (non-hydrogen) atoms. The van der Waals surface area contributed by atoms with Crippen LogP contribution in [0.3, 0.4) is 0 Å². The van der Waals surface area contributed by atoms with E-state index in [9.17, 15) is 5.11 Å². The minimum Gasteiger partial charge on any atom is -0.495 e. The number of rotatable bonds is 3. The molecule has 1 aliphatic heterocycles. The molecular weight excluding hydrogens is 312 g/mol. The Labute approximate surface area is 148 Å². The summed E-state index contributed by atoms with van der Waals surface area (Å²) in [6.45, 7) is 3.71. The van der Waals surface area contributed by atoms with Gasteiger partial charge in [0.2, 0.25) is 0 Å². The van der Waals surface area contributed by atoms with Crippen molar-refractivity contribution in [1.82, 2.24) is 4.90 Å². The van der Waals surface area contributed by atoms with E-state index in [4.69, 9.17) is 4.74 Å². The topological polar surface area (TPSA) is 35.9 Å². The number of hydrogen-bond donors (Lipinski definition) is 1. The molecule has 1 aliphatic carbocycles. The van der Waals surface area contributed by atoms with E-state index in [1.165, 1.54) is 0 Å². The fourth-order valence-corrected chi connectivity index (χ4v) is 3.90. The number of para-hydroxylation sites is 2. The number of fused-ring (bicyclic) bond motifs is 1. The maximum atomic E-state index is 10.8. The van der Waals surface area contributed by atoms with E-state index in [0.717, 1.165) is 48.7 Å². The number of anilines is 1. The van der Waals surface area contributed by atoms with Crippen LogP contribution < -0.4 is 9.64 Å². The number of hydrogen-bond acceptors (Lipinski definition) is 4. The Balaban J connectivity index is 1.46. The Morgan fingerprint density at radius 2 is 1.68 bits per heavy atom. The van der Waals surface area contributed by atoms with Crippen molar-refractivity contribution in [2.24, 2.45) is 0 Å². The first-order valence-corrected chi connectivity index (χ1v) is 8.85. The fourth-order valence-electron chi connectivity index (χ4n) is 3.90. The SMILES string of the molecule is COc1ccccc1N1CCN([C@@H]2C=Cc3ccccc3[C@H]2O)CC1. The second-order valence-corrected chi connectivity index (χ2v) is 6.62. The molecule has 4 nitrogen and oxygen atoms in total. The van der Waals surface area contributed by atoms with Gasteiger partial charge in [-0.3, -0.25) is 4.90 Å². The van der Waals surface area contributed by atoms with Gasteiger partial charge in [0, 0.05) is 26.2 Å². The van der Waals surface area contributed by atoms with Crippen molar-refractivity contribution in [2.45, 2.75) is 12.1 Å². The number of benzene rings is 2. The highest BCUT2D eigenvalue weighted by Gasteiger charge is 2.31. The summed E-state index contributed by atoms with van der Waals surface area (Å²) in [5.74, 6) is 0.919. The molecule has 1 N–H and O–H groups in total. The molecule has 1 heterocycles. The highest BCUT2D eigenvalue weighted by Crippen LogP contribution is 2.33. The van der Waals surface area contributed by atoms with E-state index in [1.807, 2.05) is 30.3 Å². The third-order valence-electron chi connectivity index (χ3n) is 5.27. The Morgan fingerprint density at radius 1 is 0.960 bits per heavy atom. The molecule has 0 unspecified atom stereocenters. The van der Waals surface area contributed by atoms with Crippen molar-refractivity contribution in [2.75, 3.05) is 38.2 Å². The Bertz CT molecular complexity index is 766. The number of aliphatic hydroxyl groups is 1. The molecule has 2 atom stereocenters. The average molecular weight is 336 g/mol. The summed E-state index contributed by atoms with van der Waals surface area (Å²) >= 11 is 0. The first-order valence-electron chi connectivity index (χ1n) is 8.85. The second kappa shape index (κ2) is 6.90. The summed E-state index contributed by atoms with van der Waals surface area (Å²) in [7, 11) is 1.72. The van der Waals surface area contributed by atoms with Crippen LogP contribution in [-0.4, -0.2) is 49.3 Å². The van der Waals surface area contributed by atoms with Crippen molar-refractivity contribution < 1.29 is 9.84 Å². The van der Waals surface area contributed by atoms with Crippen LogP contribution in [-0.2, 0) is 0 Å². The van der Waals surface area contributed by atoms with Crippen LogP contribution in [0.15, 0.2) is 54.6 Å². The summed E-state index contributed by atoms with van der Waals surface area (Å²) in [6.07, 6.45) is 3.82. The summed E-state index contributed by atoms with van der Waals surface area (Å²) in [5, 5.41) is 10.8. The Hall–Kier alpha value is -2.30. The van der Waals surface area contributed by atoms with Crippen molar-refractivity contribution >= 4 is 11.8 Å². The van der Waals surface area contributed by atoms with E-state index < -0.39 is 6.10 Å². The maximum absolute atomic E-state index is 10.8. The molecule has 2 aliphatic rings. The molecule has 0 spiro atoms. The lowest BCUT2D eigenvalue weighted by atomic mass is 9.90. The zero-order valence-corrected chi connectivity index (χ0v) is 14.5. The van der Waals surface area contributed by atoms with Crippen LogP contribution in [0.2, 0.25) is 0 Å². The van der Waals surface area contributed by atoms with Gasteiger partial charge in [0.1, 0.15) is 5.75 Å². The van der Waals surface area contributed by atoms with Crippen LogP contribution in [0, 0.1) is 0 Å². The molecule has 4 rings (SSSR count). The van der Waals surface area contributed by atoms with Gasteiger partial charge in [0.15, 0.2) is 0 Å². The van der Waals surface area contributed by atoms with Crippen LogP contribution in [0.1, 0.15) is 17.2 Å². The quantitative estimate of drug-likeness (QED) is 0.935. The number of methoxy groups -OCH3 is 1. The summed E-state index contributed by atoms with van der Waals surface area (Å²) in [4.78, 5) is 4.74. The highest BCUT2D eigenvalue weighted by atomic mass is 16.5. The molecule has 0 radical (unpaired) electrons. The lowest BCUT2D eigenvalue weighted by Crippen LogP contribution is -2.52. The monoisotopic (exact) mass is 336 g/mol. The minimum absolute atomic E-state index is 0.0507. The highest BCUT2D eigenvalue weighted by molar-refractivity contribution is 5.60. The van der Waals surface area contributed by atoms with Gasteiger partial charge in [-0.1, -0.05) is 48.6 Å². The molecule has 0 saturated carbocycles. The van der Waals surface area contributed by atoms with Gasteiger partial charge in [-0.15, -0.1) is 0 Å². The Morgan fingerprint density at radius 3 is 2.48 bits per heavy atom. The van der Waals surface area contributed by atoms with E-state index in [-0.39, 0.29) is 6.04 Å². The van der Waals surface area contributed by atoms with E-state index in [0.29, 0.717) is 0 Å². The first kappa shape index (κ1) is 16.2. The van der Waals surface area contributed by atoms with Crippen molar-refractivity contribution in [1.29, 1.82) is 0 Å². The number of aliphatic hydroxyl groups excluding tert-OH is 1. The maximum Gasteiger partial charge on any atom is 0.142 e. The zero-order valence-electron chi connectivity index (χ0n) is 14.5. The minimum atomic E-state index is -0.459. The lowest BCUT2D eigenvalue weighted by molar-refractivity contribution is 0.0684. The zero-order chi connectivity index (χ0) is 17.2. The number of piperazine rings is 1. The standard InChI is InChI=1S/C21H24N2O2/c1-25-20-9-5-4-8-18(20)22-12-14-23(15-13-22)19-11-10-16-6-2-3-7-17(16)21(19)24/h2-11,19,21,24H,12-15H2,1H3/t19-,21-/m1/s1. The normalized spacial score (nSPS) is 23.4. The average Bonchev–Trinajstić information content (AvgIpc) is 2.69. The molecular formula is C21H24N2O2. The van der Waals surface area contributed by atoms with Crippen molar-refractivity contribution in [3.8, 4) is 5.75 Å². The van der Waals surface area contributed by atoms with E-state index in [2.05, 4.69) is 40.2 Å². The molecule has 4 heteroatoms. The van der Waals surface area contributed by atoms with Gasteiger partial charge in [0.25, 0.3) is 0 Å². The first-order chi connectivity index (χ1) is 12.3. The summed E-state index contributed by atoms with van der Waals surface area (Å²) in [5.41, 5.74) is 3.30. The van der Waals surface area contributed by atoms with Crippen LogP contribution >= 0.6 is 0 Å². The van der Waals surface area contributed by atoms with Crippen LogP contribution in [0.4, 0.5) is 5.69 Å². The van der Waals surface area contributed by atoms with Gasteiger partial charge in [-0.25, -0.2) is 0 Å². The van der Waals surface area contributed by atoms with Crippen molar-refractivity contribution in [3.05, 3.63) is 65.7 Å². The largest absolute Gasteiger partial charge is 0.495 e. The Kier molecular flexibility index (Phi) is 4.47. The number of nitrogens with zero attached hydrogens (tertiary/aromatic N) is 2.